The number of nitrogens with one attached hydrogen (secondary N) is 1. The van der Waals surface area contributed by atoms with Crippen molar-refractivity contribution in [1.29, 1.82) is 0 Å². The number of benzene rings is 1. The van der Waals surface area contributed by atoms with E-state index in [1.165, 1.54) is 6.07 Å². The van der Waals surface area contributed by atoms with Crippen LogP contribution in [0, 0.1) is 10.1 Å². The van der Waals surface area contributed by atoms with E-state index < -0.39 is 0 Å². The van der Waals surface area contributed by atoms with Crippen molar-refractivity contribution in [3.8, 4) is 0 Å². The van der Waals surface area contributed by atoms with Gasteiger partial charge in [-0.15, -0.1) is 0 Å². The lowest BCUT2D eigenvalue weighted by Gasteiger charge is -2.28. The molecular weight excluding hydrogens is 270 g/mol. The number of hydrogen-bond acceptors (Lipinski definition) is 5. The van der Waals surface area contributed by atoms with Gasteiger partial charge in [-0.3, -0.25) is 15.0 Å². The summed E-state index contributed by atoms with van der Waals surface area (Å²) >= 11 is 0. The summed E-state index contributed by atoms with van der Waals surface area (Å²) in [4.78, 5) is 12.9. The zero-order valence-corrected chi connectivity index (χ0v) is 13.3. The molecule has 1 N–H and O–H groups in total. The Morgan fingerprint density at radius 1 is 1.43 bits per heavy atom. The number of non-ortho nitro benzene ring substituents is 1. The summed E-state index contributed by atoms with van der Waals surface area (Å²) in [7, 11) is 1.68. The van der Waals surface area contributed by atoms with Gasteiger partial charge >= 0.3 is 0 Å². The standard InChI is InChI=1S/C15H25N3O3/c1-5-16-15-8-7-14(18(19)20)9-13(15)10-17(6-2)12(3)11-21-4/h7-9,12,16H,5-6,10-11H2,1-4H3. The molecule has 0 aromatic heterocycles. The fourth-order valence-electron chi connectivity index (χ4n) is 2.33. The van der Waals surface area contributed by atoms with E-state index in [-0.39, 0.29) is 16.7 Å². The molecule has 6 heteroatoms. The molecule has 0 spiro atoms. The second kappa shape index (κ2) is 8.59. The normalized spacial score (nSPS) is 12.4. The minimum absolute atomic E-state index is 0.127. The number of ether oxygens (including phenoxy) is 1. The molecule has 1 atom stereocenters. The van der Waals surface area contributed by atoms with Gasteiger partial charge in [0.25, 0.3) is 5.69 Å². The Morgan fingerprint density at radius 3 is 2.67 bits per heavy atom. The molecule has 0 radical (unpaired) electrons. The van der Waals surface area contributed by atoms with Crippen molar-refractivity contribution in [2.45, 2.75) is 33.4 Å². The van der Waals surface area contributed by atoms with E-state index in [1.807, 2.05) is 6.92 Å². The van der Waals surface area contributed by atoms with Crippen LogP contribution < -0.4 is 5.32 Å². The Labute approximate surface area is 126 Å². The van der Waals surface area contributed by atoms with Gasteiger partial charge in [0, 0.05) is 44.1 Å². The molecule has 0 bridgehead atoms. The highest BCUT2D eigenvalue weighted by Gasteiger charge is 2.16. The van der Waals surface area contributed by atoms with Gasteiger partial charge in [0.15, 0.2) is 0 Å². The van der Waals surface area contributed by atoms with Crippen LogP contribution in [0.15, 0.2) is 18.2 Å². The summed E-state index contributed by atoms with van der Waals surface area (Å²) in [5.41, 5.74) is 2.02. The summed E-state index contributed by atoms with van der Waals surface area (Å²) in [6, 6.07) is 5.23. The largest absolute Gasteiger partial charge is 0.385 e. The first-order valence-corrected chi connectivity index (χ1v) is 7.27. The molecule has 1 aromatic rings. The average molecular weight is 295 g/mol. The van der Waals surface area contributed by atoms with Gasteiger partial charge in [-0.05, 0) is 32.0 Å². The lowest BCUT2D eigenvalue weighted by Crippen LogP contribution is -2.35. The summed E-state index contributed by atoms with van der Waals surface area (Å²) < 4.78 is 5.20. The van der Waals surface area contributed by atoms with Gasteiger partial charge in [-0.2, -0.15) is 0 Å². The average Bonchev–Trinajstić information content (AvgIpc) is 2.46. The van der Waals surface area contributed by atoms with E-state index in [0.29, 0.717) is 13.2 Å². The number of nitro groups is 1. The zero-order chi connectivity index (χ0) is 15.8. The molecule has 118 valence electrons. The first-order valence-electron chi connectivity index (χ1n) is 7.27. The maximum atomic E-state index is 11.0. The number of likely N-dealkylation sites (N-methyl/N-ethyl adjacent to an activating group) is 1. The van der Waals surface area contributed by atoms with Crippen LogP contribution in [-0.4, -0.2) is 42.7 Å². The van der Waals surface area contributed by atoms with Crippen molar-refractivity contribution in [2.75, 3.05) is 32.1 Å². The van der Waals surface area contributed by atoms with Crippen LogP contribution in [0.5, 0.6) is 0 Å². The molecule has 0 aliphatic heterocycles. The number of anilines is 1. The zero-order valence-electron chi connectivity index (χ0n) is 13.3. The molecule has 0 saturated heterocycles. The molecular formula is C15H25N3O3. The summed E-state index contributed by atoms with van der Waals surface area (Å²) in [5, 5.41) is 14.2. The minimum Gasteiger partial charge on any atom is -0.385 e. The lowest BCUT2D eigenvalue weighted by atomic mass is 10.1. The maximum absolute atomic E-state index is 11.0. The van der Waals surface area contributed by atoms with E-state index >= 15 is 0 Å². The number of rotatable bonds is 9. The molecule has 6 nitrogen and oxygen atoms in total. The van der Waals surface area contributed by atoms with Crippen LogP contribution in [0.1, 0.15) is 26.3 Å². The summed E-state index contributed by atoms with van der Waals surface area (Å²) in [5.74, 6) is 0. The highest BCUT2D eigenvalue weighted by atomic mass is 16.6. The van der Waals surface area contributed by atoms with Gasteiger partial charge in [0.2, 0.25) is 0 Å². The number of hydrogen-bond donors (Lipinski definition) is 1. The number of nitrogens with zero attached hydrogens (tertiary/aromatic N) is 2. The third-order valence-corrected chi connectivity index (χ3v) is 3.48. The molecule has 1 aromatic carbocycles. The van der Waals surface area contributed by atoms with Crippen molar-refractivity contribution < 1.29 is 9.66 Å². The molecule has 0 fully saturated rings. The van der Waals surface area contributed by atoms with E-state index in [9.17, 15) is 10.1 Å². The molecule has 0 heterocycles. The fourth-order valence-corrected chi connectivity index (χ4v) is 2.33. The SMILES string of the molecule is CCNc1ccc([N+](=O)[O-])cc1CN(CC)C(C)COC. The quantitative estimate of drug-likeness (QED) is 0.560. The van der Waals surface area contributed by atoms with Crippen LogP contribution in [0.3, 0.4) is 0 Å². The second-order valence-corrected chi connectivity index (χ2v) is 5.00. The van der Waals surface area contributed by atoms with E-state index in [1.54, 1.807) is 19.2 Å². The predicted octanol–water partition coefficient (Wildman–Crippen LogP) is 2.88. The Balaban J connectivity index is 3.01. The lowest BCUT2D eigenvalue weighted by molar-refractivity contribution is -0.384. The van der Waals surface area contributed by atoms with Crippen molar-refractivity contribution in [2.24, 2.45) is 0 Å². The molecule has 0 saturated carbocycles. The van der Waals surface area contributed by atoms with Gasteiger partial charge in [-0.25, -0.2) is 0 Å². The highest BCUT2D eigenvalue weighted by molar-refractivity contribution is 5.56. The van der Waals surface area contributed by atoms with Crippen molar-refractivity contribution in [3.63, 3.8) is 0 Å². The summed E-state index contributed by atoms with van der Waals surface area (Å²) in [6.07, 6.45) is 0. The molecule has 0 aliphatic rings. The van der Waals surface area contributed by atoms with Crippen LogP contribution in [-0.2, 0) is 11.3 Å². The van der Waals surface area contributed by atoms with Crippen molar-refractivity contribution in [3.05, 3.63) is 33.9 Å². The maximum Gasteiger partial charge on any atom is 0.269 e. The van der Waals surface area contributed by atoms with Gasteiger partial charge in [-0.1, -0.05) is 6.92 Å². The van der Waals surface area contributed by atoms with E-state index in [0.717, 1.165) is 24.3 Å². The Hall–Kier alpha value is -1.66. The molecule has 0 amide bonds. The topological polar surface area (TPSA) is 67.6 Å². The predicted molar refractivity (Wildman–Crippen MR) is 84.7 cm³/mol. The number of nitro benzene ring substituents is 1. The Kier molecular flexibility index (Phi) is 7.11. The van der Waals surface area contributed by atoms with Gasteiger partial charge < -0.3 is 10.1 Å². The van der Waals surface area contributed by atoms with Crippen LogP contribution >= 0.6 is 0 Å². The van der Waals surface area contributed by atoms with Crippen LogP contribution in [0.2, 0.25) is 0 Å². The molecule has 0 aliphatic carbocycles. The van der Waals surface area contributed by atoms with Crippen LogP contribution in [0.4, 0.5) is 11.4 Å². The highest BCUT2D eigenvalue weighted by Crippen LogP contribution is 2.24. The Bertz CT molecular complexity index is 465. The number of methoxy groups -OCH3 is 1. The smallest absolute Gasteiger partial charge is 0.269 e. The monoisotopic (exact) mass is 295 g/mol. The molecule has 21 heavy (non-hydrogen) atoms. The van der Waals surface area contributed by atoms with Gasteiger partial charge in [0.1, 0.15) is 0 Å². The fraction of sp³-hybridized carbons (Fsp3) is 0.600. The second-order valence-electron chi connectivity index (χ2n) is 5.00. The molecule has 1 unspecified atom stereocenters. The van der Waals surface area contributed by atoms with E-state index in [2.05, 4.69) is 24.1 Å². The first kappa shape index (κ1) is 17.4. The van der Waals surface area contributed by atoms with Gasteiger partial charge in [0.05, 0.1) is 11.5 Å². The first-order chi connectivity index (χ1) is 10.0. The third kappa shape index (κ3) is 4.99. The minimum atomic E-state index is -0.353. The third-order valence-electron chi connectivity index (χ3n) is 3.48. The Morgan fingerprint density at radius 2 is 2.14 bits per heavy atom. The van der Waals surface area contributed by atoms with Crippen molar-refractivity contribution >= 4 is 11.4 Å². The molecule has 1 rings (SSSR count). The van der Waals surface area contributed by atoms with E-state index in [4.69, 9.17) is 4.74 Å². The van der Waals surface area contributed by atoms with Crippen molar-refractivity contribution in [1.82, 2.24) is 4.90 Å². The summed E-state index contributed by atoms with van der Waals surface area (Å²) in [6.45, 7) is 9.12. The van der Waals surface area contributed by atoms with Crippen LogP contribution in [0.25, 0.3) is 0 Å².